The summed E-state index contributed by atoms with van der Waals surface area (Å²) < 4.78 is 43.1. The first kappa shape index (κ1) is 19.8. The zero-order valence-corrected chi connectivity index (χ0v) is 14.3. The van der Waals surface area contributed by atoms with Gasteiger partial charge in [-0.2, -0.15) is 18.4 Å². The van der Waals surface area contributed by atoms with Crippen molar-refractivity contribution < 1.29 is 22.7 Å². The minimum absolute atomic E-state index is 0.112. The highest BCUT2D eigenvalue weighted by Gasteiger charge is 2.30. The Morgan fingerprint density at radius 1 is 1.22 bits per heavy atom. The summed E-state index contributed by atoms with van der Waals surface area (Å²) >= 11 is 0. The lowest BCUT2D eigenvalue weighted by atomic mass is 10.2. The first-order valence-electron chi connectivity index (χ1n) is 7.78. The van der Waals surface area contributed by atoms with Crippen LogP contribution in [0, 0.1) is 11.3 Å². The Morgan fingerprint density at radius 3 is 2.52 bits per heavy atom. The number of ether oxygens (including phenoxy) is 1. The van der Waals surface area contributed by atoms with Crippen molar-refractivity contribution in [3.8, 4) is 11.8 Å². The number of methoxy groups -OCH3 is 1. The second kappa shape index (κ2) is 8.76. The number of benzene rings is 2. The number of hydrogen-bond donors (Lipinski definition) is 2. The van der Waals surface area contributed by atoms with Gasteiger partial charge in [0.25, 0.3) is 5.91 Å². The maximum atomic E-state index is 12.7. The van der Waals surface area contributed by atoms with E-state index in [-0.39, 0.29) is 17.8 Å². The van der Waals surface area contributed by atoms with Crippen molar-refractivity contribution in [2.75, 3.05) is 12.4 Å². The second-order valence-corrected chi connectivity index (χ2v) is 5.42. The molecule has 0 bridgehead atoms. The Kier molecular flexibility index (Phi) is 6.44. The van der Waals surface area contributed by atoms with Crippen molar-refractivity contribution in [1.29, 1.82) is 5.26 Å². The lowest BCUT2D eigenvalue weighted by molar-refractivity contribution is -0.137. The molecule has 0 radical (unpaired) electrons. The predicted octanol–water partition coefficient (Wildman–Crippen LogP) is 3.85. The third-order valence-corrected chi connectivity index (χ3v) is 3.55. The predicted molar refractivity (Wildman–Crippen MR) is 93.6 cm³/mol. The molecular weight excluding hydrogens is 359 g/mol. The molecule has 1 amide bonds. The lowest BCUT2D eigenvalue weighted by Gasteiger charge is -2.09. The molecule has 140 valence electrons. The van der Waals surface area contributed by atoms with Crippen LogP contribution in [-0.4, -0.2) is 13.0 Å². The van der Waals surface area contributed by atoms with Gasteiger partial charge in [-0.05, 0) is 35.9 Å². The SMILES string of the molecule is COc1ccc(CNC(=O)/C(C#N)=C\Nc2cccc(C(F)(F)F)c2)cc1. The number of nitriles is 1. The molecule has 0 fully saturated rings. The minimum atomic E-state index is -4.48. The number of amides is 1. The van der Waals surface area contributed by atoms with E-state index in [4.69, 9.17) is 10.00 Å². The Morgan fingerprint density at radius 2 is 1.93 bits per heavy atom. The molecule has 0 unspecified atom stereocenters. The molecule has 0 heterocycles. The van der Waals surface area contributed by atoms with Crippen LogP contribution in [0.1, 0.15) is 11.1 Å². The molecular formula is C19H16F3N3O2. The molecule has 27 heavy (non-hydrogen) atoms. The summed E-state index contributed by atoms with van der Waals surface area (Å²) in [5.41, 5.74) is -0.183. The monoisotopic (exact) mass is 375 g/mol. The van der Waals surface area contributed by atoms with Crippen LogP contribution in [0.3, 0.4) is 0 Å². The van der Waals surface area contributed by atoms with Gasteiger partial charge in [-0.15, -0.1) is 0 Å². The zero-order chi connectivity index (χ0) is 19.9. The number of carbonyl (C=O) groups excluding carboxylic acids is 1. The summed E-state index contributed by atoms with van der Waals surface area (Å²) in [6.45, 7) is 0.186. The molecule has 0 aliphatic carbocycles. The molecule has 5 nitrogen and oxygen atoms in total. The van der Waals surface area contributed by atoms with E-state index in [0.717, 1.165) is 23.9 Å². The van der Waals surface area contributed by atoms with E-state index < -0.39 is 17.6 Å². The van der Waals surface area contributed by atoms with Crippen LogP contribution in [0.4, 0.5) is 18.9 Å². The third-order valence-electron chi connectivity index (χ3n) is 3.55. The number of alkyl halides is 3. The van der Waals surface area contributed by atoms with Gasteiger partial charge in [0, 0.05) is 18.4 Å². The molecule has 8 heteroatoms. The Balaban J connectivity index is 2.00. The summed E-state index contributed by atoms with van der Waals surface area (Å²) in [6.07, 6.45) is -3.41. The van der Waals surface area contributed by atoms with Crippen molar-refractivity contribution in [2.24, 2.45) is 0 Å². The van der Waals surface area contributed by atoms with Crippen LogP contribution in [0.25, 0.3) is 0 Å². The quantitative estimate of drug-likeness (QED) is 0.594. The summed E-state index contributed by atoms with van der Waals surface area (Å²) in [5.74, 6) is 0.0285. The molecule has 0 aromatic heterocycles. The Bertz CT molecular complexity index is 869. The molecule has 0 spiro atoms. The number of nitrogens with one attached hydrogen (secondary N) is 2. The van der Waals surface area contributed by atoms with Crippen LogP contribution >= 0.6 is 0 Å². The van der Waals surface area contributed by atoms with Crippen LogP contribution in [0.5, 0.6) is 5.75 Å². The van der Waals surface area contributed by atoms with Crippen LogP contribution < -0.4 is 15.4 Å². The highest BCUT2D eigenvalue weighted by Crippen LogP contribution is 2.30. The van der Waals surface area contributed by atoms with Gasteiger partial charge >= 0.3 is 6.18 Å². The van der Waals surface area contributed by atoms with E-state index in [2.05, 4.69) is 10.6 Å². The molecule has 2 aromatic carbocycles. The lowest BCUT2D eigenvalue weighted by Crippen LogP contribution is -2.24. The maximum absolute atomic E-state index is 12.7. The largest absolute Gasteiger partial charge is 0.497 e. The summed E-state index contributed by atoms with van der Waals surface area (Å²) in [7, 11) is 1.54. The van der Waals surface area contributed by atoms with Gasteiger partial charge in [-0.1, -0.05) is 18.2 Å². The summed E-state index contributed by atoms with van der Waals surface area (Å²) in [5, 5.41) is 14.2. The van der Waals surface area contributed by atoms with E-state index in [0.29, 0.717) is 5.75 Å². The fraction of sp³-hybridized carbons (Fsp3) is 0.158. The van der Waals surface area contributed by atoms with Gasteiger partial charge in [-0.25, -0.2) is 0 Å². The van der Waals surface area contributed by atoms with Gasteiger partial charge in [0.15, 0.2) is 0 Å². The van der Waals surface area contributed by atoms with Crippen molar-refractivity contribution in [2.45, 2.75) is 12.7 Å². The maximum Gasteiger partial charge on any atom is 0.416 e. The van der Waals surface area contributed by atoms with Gasteiger partial charge in [0.1, 0.15) is 17.4 Å². The first-order valence-corrected chi connectivity index (χ1v) is 7.78. The van der Waals surface area contributed by atoms with E-state index >= 15 is 0 Å². The zero-order valence-electron chi connectivity index (χ0n) is 14.3. The van der Waals surface area contributed by atoms with Gasteiger partial charge in [0.2, 0.25) is 0 Å². The molecule has 0 saturated carbocycles. The van der Waals surface area contributed by atoms with Crippen LogP contribution in [0.2, 0.25) is 0 Å². The fourth-order valence-electron chi connectivity index (χ4n) is 2.11. The number of carbonyl (C=O) groups is 1. The number of nitrogens with zero attached hydrogens (tertiary/aromatic N) is 1. The molecule has 0 aliphatic heterocycles. The van der Waals surface area contributed by atoms with Crippen molar-refractivity contribution in [3.63, 3.8) is 0 Å². The number of rotatable bonds is 6. The number of halogens is 3. The first-order chi connectivity index (χ1) is 12.8. The van der Waals surface area contributed by atoms with E-state index in [1.807, 2.05) is 0 Å². The van der Waals surface area contributed by atoms with Crippen LogP contribution in [-0.2, 0) is 17.5 Å². The molecule has 2 aromatic rings. The average Bonchev–Trinajstić information content (AvgIpc) is 2.66. The highest BCUT2D eigenvalue weighted by atomic mass is 19.4. The van der Waals surface area contributed by atoms with Gasteiger partial charge < -0.3 is 15.4 Å². The highest BCUT2D eigenvalue weighted by molar-refractivity contribution is 5.97. The van der Waals surface area contributed by atoms with E-state index in [1.54, 1.807) is 30.3 Å². The second-order valence-electron chi connectivity index (χ2n) is 5.42. The molecule has 2 N–H and O–H groups in total. The molecule has 0 saturated heterocycles. The van der Waals surface area contributed by atoms with Gasteiger partial charge in [-0.3, -0.25) is 4.79 Å². The topological polar surface area (TPSA) is 74.1 Å². The van der Waals surface area contributed by atoms with Crippen molar-refractivity contribution >= 4 is 11.6 Å². The Hall–Kier alpha value is -3.47. The molecule has 2 rings (SSSR count). The van der Waals surface area contributed by atoms with Crippen LogP contribution in [0.15, 0.2) is 60.3 Å². The summed E-state index contributed by atoms with van der Waals surface area (Å²) in [6, 6.07) is 13.2. The van der Waals surface area contributed by atoms with Gasteiger partial charge in [0.05, 0.1) is 12.7 Å². The molecule has 0 atom stereocenters. The van der Waals surface area contributed by atoms with E-state index in [1.165, 1.54) is 19.2 Å². The van der Waals surface area contributed by atoms with E-state index in [9.17, 15) is 18.0 Å². The number of anilines is 1. The van der Waals surface area contributed by atoms with Crippen molar-refractivity contribution in [3.05, 3.63) is 71.4 Å². The summed E-state index contributed by atoms with van der Waals surface area (Å²) in [4.78, 5) is 12.1. The Labute approximate surface area is 154 Å². The average molecular weight is 375 g/mol. The standard InChI is InChI=1S/C19H16F3N3O2/c1-27-17-7-5-13(6-8-17)11-25-18(26)14(10-23)12-24-16-4-2-3-15(9-16)19(20,21)22/h2-9,12,24H,11H2,1H3,(H,25,26)/b14-12-. The smallest absolute Gasteiger partial charge is 0.416 e. The minimum Gasteiger partial charge on any atom is -0.497 e. The normalized spacial score (nSPS) is 11.4. The van der Waals surface area contributed by atoms with Crippen molar-refractivity contribution in [1.82, 2.24) is 5.32 Å². The third kappa shape index (κ3) is 5.78. The number of hydrogen-bond acceptors (Lipinski definition) is 4. The molecule has 0 aliphatic rings. The fourth-order valence-corrected chi connectivity index (χ4v) is 2.11.